The van der Waals surface area contributed by atoms with E-state index in [9.17, 15) is 12.8 Å². The van der Waals surface area contributed by atoms with Gasteiger partial charge in [0.25, 0.3) is 0 Å². The van der Waals surface area contributed by atoms with E-state index < -0.39 is 15.8 Å². The standard InChI is InChI=1S/C17H16FN3O3S/c1-12-4-2-3-5-15(12)17-21-20-16(24-17)10-11-19-25(22,23)14-8-6-13(18)7-9-14/h2-9,19H,10-11H2,1H3. The average molecular weight is 361 g/mol. The molecule has 0 spiro atoms. The van der Waals surface area contributed by atoms with Crippen LogP contribution in [0, 0.1) is 12.7 Å². The highest BCUT2D eigenvalue weighted by molar-refractivity contribution is 7.89. The summed E-state index contributed by atoms with van der Waals surface area (Å²) in [5.74, 6) is 0.239. The molecule has 0 aliphatic heterocycles. The molecule has 0 amide bonds. The fourth-order valence-electron chi connectivity index (χ4n) is 2.27. The van der Waals surface area contributed by atoms with Crippen LogP contribution in [0.2, 0.25) is 0 Å². The summed E-state index contributed by atoms with van der Waals surface area (Å²) in [4.78, 5) is 0.0000264. The predicted octanol–water partition coefficient (Wildman–Crippen LogP) is 2.71. The summed E-state index contributed by atoms with van der Waals surface area (Å²) in [5, 5.41) is 7.93. The summed E-state index contributed by atoms with van der Waals surface area (Å²) < 4.78 is 45.1. The summed E-state index contributed by atoms with van der Waals surface area (Å²) >= 11 is 0. The number of nitrogens with zero attached hydrogens (tertiary/aromatic N) is 2. The lowest BCUT2D eigenvalue weighted by Crippen LogP contribution is -2.26. The van der Waals surface area contributed by atoms with Crippen LogP contribution < -0.4 is 4.72 Å². The number of benzene rings is 2. The maximum atomic E-state index is 12.9. The molecule has 2 aromatic carbocycles. The minimum absolute atomic E-state index is 0.0000264. The van der Waals surface area contributed by atoms with Gasteiger partial charge in [0.2, 0.25) is 21.8 Å². The summed E-state index contributed by atoms with van der Waals surface area (Å²) in [6.45, 7) is 2.03. The van der Waals surface area contributed by atoms with E-state index in [1.807, 2.05) is 31.2 Å². The lowest BCUT2D eigenvalue weighted by atomic mass is 10.1. The van der Waals surface area contributed by atoms with E-state index in [-0.39, 0.29) is 17.9 Å². The van der Waals surface area contributed by atoms with Gasteiger partial charge in [-0.3, -0.25) is 0 Å². The van der Waals surface area contributed by atoms with Crippen LogP contribution in [0.5, 0.6) is 0 Å². The molecule has 1 N–H and O–H groups in total. The summed E-state index contributed by atoms with van der Waals surface area (Å²) in [5.41, 5.74) is 1.85. The average Bonchev–Trinajstić information content (AvgIpc) is 3.04. The molecule has 0 saturated carbocycles. The molecular weight excluding hydrogens is 345 g/mol. The molecule has 6 nitrogen and oxygen atoms in total. The summed E-state index contributed by atoms with van der Waals surface area (Å²) in [6, 6.07) is 12.2. The zero-order chi connectivity index (χ0) is 17.9. The number of nitrogens with one attached hydrogen (secondary N) is 1. The molecule has 0 aliphatic carbocycles. The SMILES string of the molecule is Cc1ccccc1-c1nnc(CCNS(=O)(=O)c2ccc(F)cc2)o1. The number of hydrogen-bond donors (Lipinski definition) is 1. The number of sulfonamides is 1. The van der Waals surface area contributed by atoms with Crippen molar-refractivity contribution in [3.8, 4) is 11.5 Å². The van der Waals surface area contributed by atoms with Gasteiger partial charge in [-0.05, 0) is 42.8 Å². The topological polar surface area (TPSA) is 85.1 Å². The van der Waals surface area contributed by atoms with Crippen LogP contribution in [0.1, 0.15) is 11.5 Å². The van der Waals surface area contributed by atoms with Crippen molar-refractivity contribution in [2.24, 2.45) is 0 Å². The maximum Gasteiger partial charge on any atom is 0.247 e. The van der Waals surface area contributed by atoms with Gasteiger partial charge in [-0.1, -0.05) is 18.2 Å². The number of hydrogen-bond acceptors (Lipinski definition) is 5. The fourth-order valence-corrected chi connectivity index (χ4v) is 3.30. The van der Waals surface area contributed by atoms with E-state index in [1.54, 1.807) is 0 Å². The van der Waals surface area contributed by atoms with Crippen LogP contribution in [0.15, 0.2) is 57.8 Å². The highest BCUT2D eigenvalue weighted by Crippen LogP contribution is 2.21. The molecule has 0 unspecified atom stereocenters. The van der Waals surface area contributed by atoms with Gasteiger partial charge < -0.3 is 4.42 Å². The second-order valence-corrected chi connectivity index (χ2v) is 7.18. The van der Waals surface area contributed by atoms with E-state index in [1.165, 1.54) is 12.1 Å². The molecule has 0 aliphatic rings. The van der Waals surface area contributed by atoms with Crippen molar-refractivity contribution in [3.05, 3.63) is 65.8 Å². The zero-order valence-corrected chi connectivity index (χ0v) is 14.3. The van der Waals surface area contributed by atoms with E-state index in [4.69, 9.17) is 4.42 Å². The zero-order valence-electron chi connectivity index (χ0n) is 13.4. The van der Waals surface area contributed by atoms with Crippen molar-refractivity contribution in [1.29, 1.82) is 0 Å². The van der Waals surface area contributed by atoms with Crippen molar-refractivity contribution in [2.45, 2.75) is 18.2 Å². The normalized spacial score (nSPS) is 11.6. The van der Waals surface area contributed by atoms with Gasteiger partial charge in [-0.2, -0.15) is 0 Å². The minimum Gasteiger partial charge on any atom is -0.421 e. The van der Waals surface area contributed by atoms with E-state index >= 15 is 0 Å². The van der Waals surface area contributed by atoms with Crippen molar-refractivity contribution >= 4 is 10.0 Å². The van der Waals surface area contributed by atoms with E-state index in [2.05, 4.69) is 14.9 Å². The third-order valence-electron chi connectivity index (χ3n) is 3.60. The first-order valence-electron chi connectivity index (χ1n) is 7.59. The molecule has 25 heavy (non-hydrogen) atoms. The molecule has 0 saturated heterocycles. The predicted molar refractivity (Wildman–Crippen MR) is 89.8 cm³/mol. The van der Waals surface area contributed by atoms with Crippen molar-refractivity contribution in [3.63, 3.8) is 0 Å². The van der Waals surface area contributed by atoms with Gasteiger partial charge in [0.15, 0.2) is 0 Å². The Morgan fingerprint density at radius 3 is 2.52 bits per heavy atom. The van der Waals surface area contributed by atoms with Gasteiger partial charge in [0.05, 0.1) is 4.90 Å². The molecule has 1 aromatic heterocycles. The third-order valence-corrected chi connectivity index (χ3v) is 5.07. The molecule has 0 bridgehead atoms. The van der Waals surface area contributed by atoms with Gasteiger partial charge in [0.1, 0.15) is 5.82 Å². The Bertz CT molecular complexity index is 969. The maximum absolute atomic E-state index is 12.9. The monoisotopic (exact) mass is 361 g/mol. The Kier molecular flexibility index (Phi) is 4.91. The molecular formula is C17H16FN3O3S. The van der Waals surface area contributed by atoms with E-state index in [0.717, 1.165) is 23.3 Å². The van der Waals surface area contributed by atoms with Crippen LogP contribution in [-0.4, -0.2) is 25.2 Å². The molecule has 8 heteroatoms. The first-order valence-corrected chi connectivity index (χ1v) is 9.08. The Morgan fingerprint density at radius 2 is 1.80 bits per heavy atom. The van der Waals surface area contributed by atoms with Crippen LogP contribution in [0.25, 0.3) is 11.5 Å². The van der Waals surface area contributed by atoms with Gasteiger partial charge >= 0.3 is 0 Å². The van der Waals surface area contributed by atoms with Crippen molar-refractivity contribution in [2.75, 3.05) is 6.54 Å². The number of aryl methyl sites for hydroxylation is 1. The first-order chi connectivity index (χ1) is 12.0. The number of rotatable bonds is 6. The second kappa shape index (κ2) is 7.12. The van der Waals surface area contributed by atoms with Crippen LogP contribution in [0.3, 0.4) is 0 Å². The summed E-state index contributed by atoms with van der Waals surface area (Å²) in [7, 11) is -3.71. The second-order valence-electron chi connectivity index (χ2n) is 5.42. The van der Waals surface area contributed by atoms with Crippen molar-refractivity contribution < 1.29 is 17.2 Å². The Hall–Kier alpha value is -2.58. The lowest BCUT2D eigenvalue weighted by Gasteiger charge is -2.05. The van der Waals surface area contributed by atoms with Gasteiger partial charge in [-0.15, -0.1) is 10.2 Å². The Labute approximate surface area is 144 Å². The molecule has 130 valence electrons. The molecule has 3 aromatic rings. The largest absolute Gasteiger partial charge is 0.421 e. The molecule has 0 fully saturated rings. The smallest absolute Gasteiger partial charge is 0.247 e. The van der Waals surface area contributed by atoms with Gasteiger partial charge in [-0.25, -0.2) is 17.5 Å². The van der Waals surface area contributed by atoms with Crippen LogP contribution >= 0.6 is 0 Å². The summed E-state index contributed by atoms with van der Waals surface area (Å²) in [6.07, 6.45) is 0.249. The molecule has 0 atom stereocenters. The highest BCUT2D eigenvalue weighted by atomic mass is 32.2. The third kappa shape index (κ3) is 4.09. The first kappa shape index (κ1) is 17.2. The number of aromatic nitrogens is 2. The molecule has 1 heterocycles. The van der Waals surface area contributed by atoms with Crippen LogP contribution in [-0.2, 0) is 16.4 Å². The number of halogens is 1. The van der Waals surface area contributed by atoms with Gasteiger partial charge in [0, 0.05) is 18.5 Å². The fraction of sp³-hybridized carbons (Fsp3) is 0.176. The highest BCUT2D eigenvalue weighted by Gasteiger charge is 2.15. The van der Waals surface area contributed by atoms with Crippen LogP contribution in [0.4, 0.5) is 4.39 Å². The van der Waals surface area contributed by atoms with E-state index in [0.29, 0.717) is 11.8 Å². The minimum atomic E-state index is -3.71. The Balaban J connectivity index is 1.63. The molecule has 3 rings (SSSR count). The van der Waals surface area contributed by atoms with Crippen molar-refractivity contribution in [1.82, 2.24) is 14.9 Å². The Morgan fingerprint density at radius 1 is 1.08 bits per heavy atom. The lowest BCUT2D eigenvalue weighted by molar-refractivity contribution is 0.501. The molecule has 0 radical (unpaired) electrons. The quantitative estimate of drug-likeness (QED) is 0.730.